The Bertz CT molecular complexity index is 1170. The van der Waals surface area contributed by atoms with Crippen LogP contribution in [0.2, 0.25) is 0 Å². The number of carbonyl (C=O) groups is 1. The molecule has 0 bridgehead atoms. The van der Waals surface area contributed by atoms with E-state index in [1.807, 2.05) is 42.5 Å². The summed E-state index contributed by atoms with van der Waals surface area (Å²) in [5.41, 5.74) is 1.32. The molecule has 2 heterocycles. The van der Waals surface area contributed by atoms with Gasteiger partial charge in [0.2, 0.25) is 15.9 Å². The van der Waals surface area contributed by atoms with Crippen molar-refractivity contribution in [3.8, 4) is 0 Å². The van der Waals surface area contributed by atoms with Crippen molar-refractivity contribution in [2.75, 3.05) is 26.2 Å². The van der Waals surface area contributed by atoms with Gasteiger partial charge >= 0.3 is 0 Å². The zero-order chi connectivity index (χ0) is 21.3. The molecule has 2 aromatic carbocycles. The first-order valence-corrected chi connectivity index (χ1v) is 11.5. The average Bonchev–Trinajstić information content (AvgIpc) is 2.93. The molecule has 0 N–H and O–H groups in total. The van der Waals surface area contributed by atoms with Crippen molar-refractivity contribution in [2.45, 2.75) is 31.6 Å². The molecule has 0 aliphatic carbocycles. The van der Waals surface area contributed by atoms with Crippen LogP contribution in [-0.4, -0.2) is 54.9 Å². The van der Waals surface area contributed by atoms with Crippen molar-refractivity contribution in [3.63, 3.8) is 0 Å². The summed E-state index contributed by atoms with van der Waals surface area (Å²) in [5.74, 6) is 0.308. The Balaban J connectivity index is 1.45. The van der Waals surface area contributed by atoms with Gasteiger partial charge in [0.05, 0.1) is 6.42 Å². The highest BCUT2D eigenvalue weighted by Crippen LogP contribution is 2.24. The van der Waals surface area contributed by atoms with Crippen molar-refractivity contribution in [3.05, 3.63) is 59.5 Å². The number of aromatic nitrogens is 1. The van der Waals surface area contributed by atoms with Gasteiger partial charge in [-0.15, -0.1) is 0 Å². The van der Waals surface area contributed by atoms with Crippen molar-refractivity contribution in [2.24, 2.45) is 0 Å². The van der Waals surface area contributed by atoms with E-state index in [-0.39, 0.29) is 17.3 Å². The van der Waals surface area contributed by atoms with Crippen LogP contribution >= 0.6 is 0 Å². The Labute approximate surface area is 176 Å². The van der Waals surface area contributed by atoms with Crippen LogP contribution in [0, 0.1) is 13.8 Å². The van der Waals surface area contributed by atoms with Gasteiger partial charge in [-0.25, -0.2) is 8.42 Å². The summed E-state index contributed by atoms with van der Waals surface area (Å²) in [6.45, 7) is 4.77. The molecule has 7 nitrogen and oxygen atoms in total. The predicted octanol–water partition coefficient (Wildman–Crippen LogP) is 2.91. The molecule has 1 amide bonds. The van der Waals surface area contributed by atoms with Gasteiger partial charge in [-0.3, -0.25) is 4.79 Å². The highest BCUT2D eigenvalue weighted by atomic mass is 32.2. The average molecular weight is 428 g/mol. The van der Waals surface area contributed by atoms with Crippen molar-refractivity contribution < 1.29 is 17.7 Å². The van der Waals surface area contributed by atoms with Crippen LogP contribution in [0.1, 0.15) is 23.4 Å². The van der Waals surface area contributed by atoms with Gasteiger partial charge in [0, 0.05) is 26.2 Å². The molecular formula is C22H25N3O4S. The van der Waals surface area contributed by atoms with Crippen molar-refractivity contribution >= 4 is 26.7 Å². The lowest BCUT2D eigenvalue weighted by Crippen LogP contribution is -2.38. The maximum atomic E-state index is 13.1. The first kappa shape index (κ1) is 20.6. The van der Waals surface area contributed by atoms with E-state index >= 15 is 0 Å². The highest BCUT2D eigenvalue weighted by Gasteiger charge is 2.32. The van der Waals surface area contributed by atoms with E-state index in [1.54, 1.807) is 18.7 Å². The number of hydrogen-bond donors (Lipinski definition) is 0. The Morgan fingerprint density at radius 3 is 2.53 bits per heavy atom. The molecule has 3 aromatic rings. The maximum absolute atomic E-state index is 13.1. The number of aryl methyl sites for hydroxylation is 2. The molecule has 4 rings (SSSR count). The molecule has 1 aliphatic heterocycles. The van der Waals surface area contributed by atoms with E-state index < -0.39 is 10.0 Å². The van der Waals surface area contributed by atoms with E-state index in [1.165, 1.54) is 4.31 Å². The lowest BCUT2D eigenvalue weighted by Gasteiger charge is -2.22. The van der Waals surface area contributed by atoms with Crippen LogP contribution in [0.15, 0.2) is 51.9 Å². The number of fused-ring (bicyclic) bond motifs is 1. The molecule has 0 unspecified atom stereocenters. The summed E-state index contributed by atoms with van der Waals surface area (Å²) in [7, 11) is -3.70. The second-order valence-electron chi connectivity index (χ2n) is 7.65. The number of benzene rings is 2. The second-order valence-corrected chi connectivity index (χ2v) is 9.52. The van der Waals surface area contributed by atoms with Gasteiger partial charge in [-0.2, -0.15) is 4.31 Å². The number of nitrogens with zero attached hydrogens (tertiary/aromatic N) is 3. The van der Waals surface area contributed by atoms with Crippen molar-refractivity contribution in [1.82, 2.24) is 14.4 Å². The van der Waals surface area contributed by atoms with E-state index in [9.17, 15) is 13.2 Å². The minimum atomic E-state index is -3.70. The fraction of sp³-hybridized carbons (Fsp3) is 0.364. The summed E-state index contributed by atoms with van der Waals surface area (Å²) >= 11 is 0. The molecule has 1 fully saturated rings. The Hall–Kier alpha value is -2.71. The number of amides is 1. The van der Waals surface area contributed by atoms with E-state index in [0.29, 0.717) is 43.9 Å². The van der Waals surface area contributed by atoms with E-state index in [4.69, 9.17) is 4.52 Å². The third-order valence-electron chi connectivity index (χ3n) is 5.54. The Kier molecular flexibility index (Phi) is 5.62. The lowest BCUT2D eigenvalue weighted by atomic mass is 10.0. The summed E-state index contributed by atoms with van der Waals surface area (Å²) in [4.78, 5) is 14.8. The van der Waals surface area contributed by atoms with Crippen LogP contribution < -0.4 is 0 Å². The minimum absolute atomic E-state index is 0.0156. The maximum Gasteiger partial charge on any atom is 0.248 e. The number of carbonyl (C=O) groups excluding carboxylic acids is 1. The molecule has 0 saturated carbocycles. The summed E-state index contributed by atoms with van der Waals surface area (Å²) in [5, 5.41) is 6.02. The SMILES string of the molecule is Cc1noc(C)c1S(=O)(=O)N1CCCN(C(=O)Cc2ccc3ccccc3c2)CC1. The summed E-state index contributed by atoms with van der Waals surface area (Å²) in [6.07, 6.45) is 0.896. The third-order valence-corrected chi connectivity index (χ3v) is 7.69. The molecule has 8 heteroatoms. The monoisotopic (exact) mass is 427 g/mol. The van der Waals surface area contributed by atoms with Gasteiger partial charge < -0.3 is 9.42 Å². The van der Waals surface area contributed by atoms with E-state index in [2.05, 4.69) is 5.16 Å². The second kappa shape index (κ2) is 8.20. The van der Waals surface area contributed by atoms with Crippen LogP contribution in [0.5, 0.6) is 0 Å². The van der Waals surface area contributed by atoms with Gasteiger partial charge in [0.15, 0.2) is 5.76 Å². The summed E-state index contributed by atoms with van der Waals surface area (Å²) < 4.78 is 32.6. The first-order valence-electron chi connectivity index (χ1n) is 10.0. The predicted molar refractivity (Wildman–Crippen MR) is 114 cm³/mol. The zero-order valence-corrected chi connectivity index (χ0v) is 18.0. The van der Waals surface area contributed by atoms with Crippen LogP contribution in [0.3, 0.4) is 0 Å². The minimum Gasteiger partial charge on any atom is -0.360 e. The standard InChI is InChI=1S/C22H25N3O4S/c1-16-22(17(2)29-23-16)30(27,28)25-11-5-10-24(12-13-25)21(26)15-18-8-9-19-6-3-4-7-20(19)14-18/h3-4,6-9,14H,5,10-13,15H2,1-2H3. The highest BCUT2D eigenvalue weighted by molar-refractivity contribution is 7.89. The largest absolute Gasteiger partial charge is 0.360 e. The molecule has 30 heavy (non-hydrogen) atoms. The van der Waals surface area contributed by atoms with E-state index in [0.717, 1.165) is 16.3 Å². The van der Waals surface area contributed by atoms with Gasteiger partial charge in [0.1, 0.15) is 10.6 Å². The number of sulfonamides is 1. The Morgan fingerprint density at radius 2 is 1.80 bits per heavy atom. The molecular weight excluding hydrogens is 402 g/mol. The fourth-order valence-electron chi connectivity index (χ4n) is 3.99. The zero-order valence-electron chi connectivity index (χ0n) is 17.2. The van der Waals surface area contributed by atoms with Crippen LogP contribution in [0.4, 0.5) is 0 Å². The molecule has 158 valence electrons. The first-order chi connectivity index (χ1) is 14.4. The molecule has 1 aromatic heterocycles. The lowest BCUT2D eigenvalue weighted by molar-refractivity contribution is -0.130. The number of rotatable bonds is 4. The molecule has 0 atom stereocenters. The van der Waals surface area contributed by atoms with Crippen molar-refractivity contribution in [1.29, 1.82) is 0 Å². The van der Waals surface area contributed by atoms with Crippen LogP contribution in [-0.2, 0) is 21.2 Å². The smallest absolute Gasteiger partial charge is 0.248 e. The van der Waals surface area contributed by atoms with Gasteiger partial charge in [-0.1, -0.05) is 47.6 Å². The van der Waals surface area contributed by atoms with Gasteiger partial charge in [-0.05, 0) is 36.6 Å². The third kappa shape index (κ3) is 3.97. The fourth-order valence-corrected chi connectivity index (χ4v) is 5.75. The number of hydrogen-bond acceptors (Lipinski definition) is 5. The molecule has 1 saturated heterocycles. The quantitative estimate of drug-likeness (QED) is 0.639. The molecule has 0 radical (unpaired) electrons. The van der Waals surface area contributed by atoms with Crippen LogP contribution in [0.25, 0.3) is 10.8 Å². The summed E-state index contributed by atoms with van der Waals surface area (Å²) in [6, 6.07) is 14.1. The normalized spacial score (nSPS) is 16.0. The topological polar surface area (TPSA) is 83.7 Å². The molecule has 1 aliphatic rings. The Morgan fingerprint density at radius 1 is 1.03 bits per heavy atom. The molecule has 0 spiro atoms. The van der Waals surface area contributed by atoms with Gasteiger partial charge in [0.25, 0.3) is 0 Å².